The van der Waals surface area contributed by atoms with Crippen LogP contribution >= 0.6 is 0 Å². The summed E-state index contributed by atoms with van der Waals surface area (Å²) in [5.74, 6) is 0.626. The Morgan fingerprint density at radius 1 is 1.56 bits per heavy atom. The molecule has 2 rings (SSSR count). The van der Waals surface area contributed by atoms with Crippen molar-refractivity contribution in [2.24, 2.45) is 0 Å². The standard InChI is InChI=1S/C9H12N6O/c16-9(1-3-15-4-2-10-7-15)11-5-8-12-6-13-14-8/h2,4,6-7H,1,3,5H2,(H,11,16)(H,12,13,14). The molecule has 0 aliphatic carbocycles. The molecule has 2 heterocycles. The first-order valence-electron chi connectivity index (χ1n) is 4.91. The van der Waals surface area contributed by atoms with Crippen LogP contribution in [-0.4, -0.2) is 30.6 Å². The van der Waals surface area contributed by atoms with Gasteiger partial charge in [0.2, 0.25) is 5.91 Å². The minimum absolute atomic E-state index is 0.0231. The molecule has 0 saturated carbocycles. The summed E-state index contributed by atoms with van der Waals surface area (Å²) >= 11 is 0. The molecule has 0 atom stereocenters. The Bertz CT molecular complexity index is 381. The molecule has 0 fully saturated rings. The van der Waals surface area contributed by atoms with E-state index in [1.165, 1.54) is 6.33 Å². The van der Waals surface area contributed by atoms with Crippen molar-refractivity contribution in [3.63, 3.8) is 0 Å². The van der Waals surface area contributed by atoms with Crippen LogP contribution in [0, 0.1) is 0 Å². The number of nitrogens with zero attached hydrogens (tertiary/aromatic N) is 4. The highest BCUT2D eigenvalue weighted by molar-refractivity contribution is 5.75. The molecular formula is C9H12N6O. The summed E-state index contributed by atoms with van der Waals surface area (Å²) in [6.45, 7) is 1.00. The molecule has 84 valence electrons. The van der Waals surface area contributed by atoms with Crippen LogP contribution in [-0.2, 0) is 17.9 Å². The molecule has 7 heteroatoms. The third-order valence-corrected chi connectivity index (χ3v) is 2.07. The number of aromatic nitrogens is 5. The third kappa shape index (κ3) is 2.91. The molecule has 0 saturated heterocycles. The van der Waals surface area contributed by atoms with Crippen molar-refractivity contribution < 1.29 is 4.79 Å². The SMILES string of the molecule is O=C(CCn1ccnc1)NCc1ncn[nH]1. The van der Waals surface area contributed by atoms with Gasteiger partial charge in [-0.25, -0.2) is 9.97 Å². The van der Waals surface area contributed by atoms with E-state index >= 15 is 0 Å². The maximum atomic E-state index is 11.4. The molecule has 7 nitrogen and oxygen atoms in total. The summed E-state index contributed by atoms with van der Waals surface area (Å²) in [6.07, 6.45) is 7.03. The van der Waals surface area contributed by atoms with E-state index < -0.39 is 0 Å². The summed E-state index contributed by atoms with van der Waals surface area (Å²) in [5, 5.41) is 9.10. The molecule has 0 unspecified atom stereocenters. The Hall–Kier alpha value is -2.18. The summed E-state index contributed by atoms with van der Waals surface area (Å²) < 4.78 is 1.86. The molecule has 0 aromatic carbocycles. The molecule has 2 aromatic rings. The molecular weight excluding hydrogens is 208 g/mol. The van der Waals surface area contributed by atoms with Crippen molar-refractivity contribution in [3.8, 4) is 0 Å². The van der Waals surface area contributed by atoms with E-state index in [1.807, 2.05) is 10.8 Å². The van der Waals surface area contributed by atoms with E-state index in [0.717, 1.165) is 0 Å². The number of nitrogens with one attached hydrogen (secondary N) is 2. The number of carbonyl (C=O) groups is 1. The van der Waals surface area contributed by atoms with E-state index in [-0.39, 0.29) is 5.91 Å². The van der Waals surface area contributed by atoms with Gasteiger partial charge in [0.05, 0.1) is 12.9 Å². The first kappa shape index (κ1) is 10.3. The van der Waals surface area contributed by atoms with E-state index in [9.17, 15) is 4.79 Å². The normalized spacial score (nSPS) is 10.2. The van der Waals surface area contributed by atoms with Crippen molar-refractivity contribution in [3.05, 3.63) is 30.9 Å². The lowest BCUT2D eigenvalue weighted by atomic mass is 10.4. The molecule has 2 N–H and O–H groups in total. The number of carbonyl (C=O) groups excluding carboxylic acids is 1. The molecule has 0 spiro atoms. The largest absolute Gasteiger partial charge is 0.349 e. The average Bonchev–Trinajstić information content (AvgIpc) is 2.96. The molecule has 1 amide bonds. The van der Waals surface area contributed by atoms with Gasteiger partial charge in [0.1, 0.15) is 12.2 Å². The zero-order valence-corrected chi connectivity index (χ0v) is 8.63. The van der Waals surface area contributed by atoms with Crippen LogP contribution in [0.15, 0.2) is 25.0 Å². The van der Waals surface area contributed by atoms with E-state index in [1.54, 1.807) is 12.5 Å². The van der Waals surface area contributed by atoms with Crippen LogP contribution in [0.1, 0.15) is 12.2 Å². The van der Waals surface area contributed by atoms with Crippen LogP contribution < -0.4 is 5.32 Å². The van der Waals surface area contributed by atoms with Crippen molar-refractivity contribution in [1.29, 1.82) is 0 Å². The fourth-order valence-electron chi connectivity index (χ4n) is 1.24. The summed E-state index contributed by atoms with van der Waals surface area (Å²) in [7, 11) is 0. The van der Waals surface area contributed by atoms with Crippen LogP contribution in [0.2, 0.25) is 0 Å². The number of aryl methyl sites for hydroxylation is 1. The summed E-state index contributed by atoms with van der Waals surface area (Å²) in [6, 6.07) is 0. The van der Waals surface area contributed by atoms with Crippen molar-refractivity contribution >= 4 is 5.91 Å². The number of amides is 1. The van der Waals surface area contributed by atoms with Gasteiger partial charge in [0, 0.05) is 25.4 Å². The molecule has 0 aliphatic rings. The lowest BCUT2D eigenvalue weighted by Crippen LogP contribution is -2.24. The minimum atomic E-state index is -0.0231. The molecule has 0 radical (unpaired) electrons. The number of hydrogen-bond donors (Lipinski definition) is 2. The first-order chi connectivity index (χ1) is 7.84. The van der Waals surface area contributed by atoms with Gasteiger partial charge in [0.15, 0.2) is 0 Å². The van der Waals surface area contributed by atoms with Gasteiger partial charge < -0.3 is 9.88 Å². The highest BCUT2D eigenvalue weighted by atomic mass is 16.1. The predicted octanol–water partition coefficient (Wildman–Crippen LogP) is -0.292. The Balaban J connectivity index is 1.69. The van der Waals surface area contributed by atoms with Gasteiger partial charge in [0.25, 0.3) is 0 Å². The number of imidazole rings is 1. The molecule has 0 bridgehead atoms. The fourth-order valence-corrected chi connectivity index (χ4v) is 1.24. The van der Waals surface area contributed by atoms with Crippen LogP contribution in [0.4, 0.5) is 0 Å². The minimum Gasteiger partial charge on any atom is -0.349 e. The lowest BCUT2D eigenvalue weighted by molar-refractivity contribution is -0.121. The van der Waals surface area contributed by atoms with Gasteiger partial charge >= 0.3 is 0 Å². The Morgan fingerprint density at radius 3 is 3.19 bits per heavy atom. The quantitative estimate of drug-likeness (QED) is 0.724. The zero-order chi connectivity index (χ0) is 11.2. The van der Waals surface area contributed by atoms with Crippen molar-refractivity contribution in [1.82, 2.24) is 30.0 Å². The second-order valence-electron chi connectivity index (χ2n) is 3.26. The van der Waals surface area contributed by atoms with Crippen LogP contribution in [0.25, 0.3) is 0 Å². The van der Waals surface area contributed by atoms with Crippen molar-refractivity contribution in [2.75, 3.05) is 0 Å². The number of H-pyrrole nitrogens is 1. The number of rotatable bonds is 5. The van der Waals surface area contributed by atoms with E-state index in [4.69, 9.17) is 0 Å². The maximum Gasteiger partial charge on any atom is 0.222 e. The molecule has 0 aliphatic heterocycles. The van der Waals surface area contributed by atoms with Crippen LogP contribution in [0.3, 0.4) is 0 Å². The summed E-state index contributed by atoms with van der Waals surface area (Å²) in [4.78, 5) is 19.2. The Labute approximate surface area is 91.9 Å². The van der Waals surface area contributed by atoms with E-state index in [0.29, 0.717) is 25.3 Å². The number of hydrogen-bond acceptors (Lipinski definition) is 4. The molecule has 2 aromatic heterocycles. The zero-order valence-electron chi connectivity index (χ0n) is 8.63. The maximum absolute atomic E-state index is 11.4. The highest BCUT2D eigenvalue weighted by Gasteiger charge is 2.02. The number of aromatic amines is 1. The second kappa shape index (κ2) is 5.06. The Morgan fingerprint density at radius 2 is 2.50 bits per heavy atom. The first-order valence-corrected chi connectivity index (χ1v) is 4.91. The van der Waals surface area contributed by atoms with Crippen LogP contribution in [0.5, 0.6) is 0 Å². The van der Waals surface area contributed by atoms with Gasteiger partial charge in [-0.1, -0.05) is 0 Å². The van der Waals surface area contributed by atoms with Crippen molar-refractivity contribution in [2.45, 2.75) is 19.5 Å². The van der Waals surface area contributed by atoms with Gasteiger partial charge in [-0.05, 0) is 0 Å². The summed E-state index contributed by atoms with van der Waals surface area (Å²) in [5.41, 5.74) is 0. The topological polar surface area (TPSA) is 88.5 Å². The third-order valence-electron chi connectivity index (χ3n) is 2.07. The smallest absolute Gasteiger partial charge is 0.222 e. The monoisotopic (exact) mass is 220 g/mol. The molecule has 16 heavy (non-hydrogen) atoms. The fraction of sp³-hybridized carbons (Fsp3) is 0.333. The highest BCUT2D eigenvalue weighted by Crippen LogP contribution is 1.91. The average molecular weight is 220 g/mol. The van der Waals surface area contributed by atoms with Gasteiger partial charge in [-0.15, -0.1) is 0 Å². The predicted molar refractivity (Wildman–Crippen MR) is 55.1 cm³/mol. The van der Waals surface area contributed by atoms with Gasteiger partial charge in [-0.2, -0.15) is 5.10 Å². The second-order valence-corrected chi connectivity index (χ2v) is 3.26. The Kier molecular flexibility index (Phi) is 3.27. The lowest BCUT2D eigenvalue weighted by Gasteiger charge is -2.03. The van der Waals surface area contributed by atoms with E-state index in [2.05, 4.69) is 25.5 Å². The van der Waals surface area contributed by atoms with Gasteiger partial charge in [-0.3, -0.25) is 9.89 Å².